The Labute approximate surface area is 198 Å². The zero-order chi connectivity index (χ0) is 24.3. The molecule has 9 heteroatoms. The predicted molar refractivity (Wildman–Crippen MR) is 119 cm³/mol. The number of aliphatic carboxylic acids is 1. The zero-order valence-corrected chi connectivity index (χ0v) is 19.1. The van der Waals surface area contributed by atoms with Crippen LogP contribution in [0.2, 0.25) is 0 Å². The van der Waals surface area contributed by atoms with Gasteiger partial charge in [0, 0.05) is 18.0 Å². The monoisotopic (exact) mass is 475 g/mol. The second-order valence-corrected chi connectivity index (χ2v) is 10.6. The van der Waals surface area contributed by atoms with E-state index >= 15 is 0 Å². The summed E-state index contributed by atoms with van der Waals surface area (Å²) in [5.74, 6) is -2.29. The summed E-state index contributed by atoms with van der Waals surface area (Å²) in [6.07, 6.45) is 0.865. The van der Waals surface area contributed by atoms with Crippen LogP contribution in [0.4, 0.5) is 0 Å². The number of rotatable bonds is 6. The third-order valence-electron chi connectivity index (χ3n) is 8.89. The summed E-state index contributed by atoms with van der Waals surface area (Å²) in [7, 11) is 0. The van der Waals surface area contributed by atoms with Crippen LogP contribution in [0.15, 0.2) is 18.2 Å². The number of likely N-dealkylation sites (tertiary alicyclic amines) is 1. The van der Waals surface area contributed by atoms with E-state index in [4.69, 9.17) is 9.84 Å². The van der Waals surface area contributed by atoms with Crippen molar-refractivity contribution < 1.29 is 39.9 Å². The van der Waals surface area contributed by atoms with Gasteiger partial charge in [0.05, 0.1) is 0 Å². The van der Waals surface area contributed by atoms with Crippen molar-refractivity contribution in [3.05, 3.63) is 29.3 Å². The van der Waals surface area contributed by atoms with Gasteiger partial charge in [0.1, 0.15) is 17.5 Å². The molecular weight excluding hydrogens is 442 g/mol. The van der Waals surface area contributed by atoms with Crippen LogP contribution in [-0.2, 0) is 26.2 Å². The molecule has 0 aromatic heterocycles. The Bertz CT molecular complexity index is 980. The Morgan fingerprint density at radius 2 is 1.88 bits per heavy atom. The number of ether oxygens (including phenoxy) is 1. The number of aliphatic hydroxyl groups is 3. The van der Waals surface area contributed by atoms with E-state index in [9.17, 15) is 30.0 Å². The van der Waals surface area contributed by atoms with Crippen LogP contribution in [0.5, 0.6) is 5.75 Å². The van der Waals surface area contributed by atoms with E-state index < -0.39 is 41.3 Å². The van der Waals surface area contributed by atoms with Gasteiger partial charge in [-0.1, -0.05) is 12.5 Å². The van der Waals surface area contributed by atoms with Crippen LogP contribution in [0.25, 0.3) is 0 Å². The fourth-order valence-electron chi connectivity index (χ4n) is 6.96. The van der Waals surface area contributed by atoms with Gasteiger partial charge in [-0.15, -0.1) is 0 Å². The average molecular weight is 476 g/mol. The number of phenols is 1. The number of hydrogen-bond donors (Lipinski definition) is 5. The summed E-state index contributed by atoms with van der Waals surface area (Å²) in [5, 5.41) is 51.5. The Kier molecular flexibility index (Phi) is 5.87. The van der Waals surface area contributed by atoms with E-state index in [0.29, 0.717) is 38.0 Å². The number of carbonyl (C=O) groups excluding carboxylic acids is 1. The number of carbonyl (C=O) groups is 2. The highest BCUT2D eigenvalue weighted by Gasteiger charge is 2.68. The molecule has 2 saturated carbocycles. The van der Waals surface area contributed by atoms with Gasteiger partial charge in [0.25, 0.3) is 0 Å². The molecule has 5 N–H and O–H groups in total. The lowest BCUT2D eigenvalue weighted by atomic mass is 9.48. The van der Waals surface area contributed by atoms with Gasteiger partial charge in [0.15, 0.2) is 12.2 Å². The highest BCUT2D eigenvalue weighted by molar-refractivity contribution is 5.84. The third kappa shape index (κ3) is 3.44. The average Bonchev–Trinajstić information content (AvgIpc) is 2.77. The van der Waals surface area contributed by atoms with Gasteiger partial charge in [-0.25, -0.2) is 9.59 Å². The van der Waals surface area contributed by atoms with Crippen LogP contribution < -0.4 is 0 Å². The van der Waals surface area contributed by atoms with Crippen LogP contribution in [-0.4, -0.2) is 85.4 Å². The summed E-state index contributed by atoms with van der Waals surface area (Å²) in [6, 6.07) is 4.97. The van der Waals surface area contributed by atoms with E-state index in [-0.39, 0.29) is 11.8 Å². The van der Waals surface area contributed by atoms with Gasteiger partial charge < -0.3 is 30.3 Å². The molecular formula is C25H33NO8. The molecule has 6 atom stereocenters. The first kappa shape index (κ1) is 23.5. The molecule has 1 heterocycles. The fourth-order valence-corrected chi connectivity index (χ4v) is 6.96. The maximum atomic E-state index is 12.6. The molecule has 5 rings (SSSR count). The lowest BCUT2D eigenvalue weighted by Gasteiger charge is -2.65. The molecule has 0 radical (unpaired) electrons. The first-order valence-electron chi connectivity index (χ1n) is 12.3. The molecule has 34 heavy (non-hydrogen) atoms. The number of hydrogen-bond acceptors (Lipinski definition) is 8. The van der Waals surface area contributed by atoms with Gasteiger partial charge in [-0.2, -0.15) is 0 Å². The molecule has 0 spiro atoms. The van der Waals surface area contributed by atoms with Crippen molar-refractivity contribution in [2.24, 2.45) is 5.92 Å². The minimum Gasteiger partial charge on any atom is -0.508 e. The summed E-state index contributed by atoms with van der Waals surface area (Å²) < 4.78 is 5.62. The van der Waals surface area contributed by atoms with Crippen molar-refractivity contribution in [2.75, 3.05) is 13.1 Å². The van der Waals surface area contributed by atoms with Gasteiger partial charge in [-0.05, 0) is 80.7 Å². The molecule has 186 valence electrons. The molecule has 3 fully saturated rings. The molecule has 1 aliphatic heterocycles. The van der Waals surface area contributed by atoms with E-state index in [0.717, 1.165) is 37.1 Å². The molecule has 2 bridgehead atoms. The number of fused-ring (bicyclic) bond motifs is 1. The Morgan fingerprint density at radius 3 is 2.56 bits per heavy atom. The Hall–Kier alpha value is -2.20. The van der Waals surface area contributed by atoms with E-state index in [2.05, 4.69) is 4.90 Å². The van der Waals surface area contributed by atoms with Crippen LogP contribution in [0, 0.1) is 5.92 Å². The molecule has 4 aliphatic rings. The SMILES string of the molecule is O=C(O)[C@H](O)[C@@H](O)C(=O)OC1CCC[C@]23CCN(CC4CCC4)[C@H](Cc4ccc(O)cc42)[C@]13O. The van der Waals surface area contributed by atoms with Crippen LogP contribution >= 0.6 is 0 Å². The number of phenolic OH excluding ortho intramolecular Hbond substituents is 1. The summed E-state index contributed by atoms with van der Waals surface area (Å²) in [5.41, 5.74) is -0.266. The van der Waals surface area contributed by atoms with Crippen molar-refractivity contribution in [2.45, 2.75) is 86.7 Å². The Balaban J connectivity index is 1.53. The number of carboxylic acids is 1. The molecule has 1 saturated heterocycles. The third-order valence-corrected chi connectivity index (χ3v) is 8.89. The summed E-state index contributed by atoms with van der Waals surface area (Å²) in [4.78, 5) is 26.0. The van der Waals surface area contributed by atoms with E-state index in [1.54, 1.807) is 12.1 Å². The first-order valence-corrected chi connectivity index (χ1v) is 12.3. The zero-order valence-electron chi connectivity index (χ0n) is 19.1. The van der Waals surface area contributed by atoms with E-state index in [1.807, 2.05) is 6.07 Å². The summed E-state index contributed by atoms with van der Waals surface area (Å²) in [6.45, 7) is 1.65. The van der Waals surface area contributed by atoms with Gasteiger partial charge in [0.2, 0.25) is 0 Å². The molecule has 1 aromatic carbocycles. The number of nitrogens with zero attached hydrogens (tertiary/aromatic N) is 1. The molecule has 1 aromatic rings. The van der Waals surface area contributed by atoms with Gasteiger partial charge in [-0.3, -0.25) is 4.90 Å². The first-order chi connectivity index (χ1) is 16.2. The molecule has 3 aliphatic carbocycles. The van der Waals surface area contributed by atoms with Gasteiger partial charge >= 0.3 is 11.9 Å². The topological polar surface area (TPSA) is 148 Å². The molecule has 1 unspecified atom stereocenters. The van der Waals surface area contributed by atoms with Crippen molar-refractivity contribution >= 4 is 11.9 Å². The molecule has 9 nitrogen and oxygen atoms in total. The second kappa shape index (κ2) is 8.48. The van der Waals surface area contributed by atoms with Crippen LogP contribution in [0.1, 0.15) is 56.1 Å². The highest BCUT2D eigenvalue weighted by atomic mass is 16.6. The Morgan fingerprint density at radius 1 is 1.12 bits per heavy atom. The van der Waals surface area contributed by atoms with Crippen LogP contribution in [0.3, 0.4) is 0 Å². The number of aromatic hydroxyl groups is 1. The van der Waals surface area contributed by atoms with Crippen molar-refractivity contribution in [3.8, 4) is 5.75 Å². The lowest BCUT2D eigenvalue weighted by Crippen LogP contribution is -2.77. The minimum absolute atomic E-state index is 0.116. The van der Waals surface area contributed by atoms with E-state index in [1.165, 1.54) is 6.42 Å². The second-order valence-electron chi connectivity index (χ2n) is 10.6. The van der Waals surface area contributed by atoms with Crippen molar-refractivity contribution in [1.82, 2.24) is 4.90 Å². The number of aliphatic hydroxyl groups excluding tert-OH is 2. The fraction of sp³-hybridized carbons (Fsp3) is 0.680. The molecule has 0 amide bonds. The maximum absolute atomic E-state index is 12.6. The number of esters is 1. The van der Waals surface area contributed by atoms with Crippen molar-refractivity contribution in [3.63, 3.8) is 0 Å². The number of piperidine rings is 1. The normalized spacial score (nSPS) is 34.8. The largest absolute Gasteiger partial charge is 0.508 e. The quantitative estimate of drug-likeness (QED) is 0.375. The minimum atomic E-state index is -2.31. The van der Waals surface area contributed by atoms with Crippen molar-refractivity contribution in [1.29, 1.82) is 0 Å². The lowest BCUT2D eigenvalue weighted by molar-refractivity contribution is -0.237. The number of benzene rings is 1. The summed E-state index contributed by atoms with van der Waals surface area (Å²) >= 11 is 0. The smallest absolute Gasteiger partial charge is 0.338 e. The standard InChI is InChI=1S/C25H33NO8/c27-16-7-6-15-11-18-25(33)19(34-23(32)21(29)20(28)22(30)31)5-2-8-24(25,17(15)12-16)9-10-26(18)13-14-3-1-4-14/h6-7,12,14,18-21,27-29,33H,1-5,8-11,13H2,(H,30,31)/t18-,19?,20-,21-,24+,25+/m1/s1. The predicted octanol–water partition coefficient (Wildman–Crippen LogP) is 0.694. The maximum Gasteiger partial charge on any atom is 0.338 e. The highest BCUT2D eigenvalue weighted by Crippen LogP contribution is 2.59. The number of carboxylic acid groups (broad SMARTS) is 1.